The number of carbonyl (C=O) groups is 1. The van der Waals surface area contributed by atoms with Gasteiger partial charge in [-0.1, -0.05) is 11.6 Å². The Bertz CT molecular complexity index is 408. The SMILES string of the molecule is CC(=O)N1CCC(c2cc(Cl)nc(C)n2)CC1. The lowest BCUT2D eigenvalue weighted by molar-refractivity contribution is -0.129. The van der Waals surface area contributed by atoms with Gasteiger partial charge in [0.1, 0.15) is 11.0 Å². The van der Waals surface area contributed by atoms with Gasteiger partial charge < -0.3 is 4.90 Å². The lowest BCUT2D eigenvalue weighted by Gasteiger charge is -2.31. The highest BCUT2D eigenvalue weighted by Crippen LogP contribution is 2.27. The van der Waals surface area contributed by atoms with Crippen LogP contribution in [0.1, 0.15) is 37.2 Å². The maximum absolute atomic E-state index is 11.2. The van der Waals surface area contributed by atoms with Crippen molar-refractivity contribution in [2.75, 3.05) is 13.1 Å². The van der Waals surface area contributed by atoms with Crippen molar-refractivity contribution in [3.63, 3.8) is 0 Å². The Morgan fingerprint density at radius 1 is 1.41 bits per heavy atom. The number of amides is 1. The van der Waals surface area contributed by atoms with Gasteiger partial charge in [0.15, 0.2) is 0 Å². The molecule has 1 amide bonds. The molecule has 1 fully saturated rings. The number of carbonyl (C=O) groups excluding carboxylic acids is 1. The van der Waals surface area contributed by atoms with Crippen molar-refractivity contribution in [2.45, 2.75) is 32.6 Å². The van der Waals surface area contributed by atoms with Crippen LogP contribution < -0.4 is 0 Å². The molecular weight excluding hydrogens is 238 g/mol. The molecule has 1 aliphatic heterocycles. The third-order valence-corrected chi connectivity index (χ3v) is 3.38. The van der Waals surface area contributed by atoms with E-state index in [1.807, 2.05) is 17.9 Å². The van der Waals surface area contributed by atoms with Crippen LogP contribution in [0.3, 0.4) is 0 Å². The van der Waals surface area contributed by atoms with Crippen molar-refractivity contribution < 1.29 is 4.79 Å². The molecule has 1 aromatic rings. The first-order valence-corrected chi connectivity index (χ1v) is 6.20. The molecule has 0 N–H and O–H groups in total. The monoisotopic (exact) mass is 253 g/mol. The second kappa shape index (κ2) is 5.00. The van der Waals surface area contributed by atoms with Crippen LogP contribution in [0.4, 0.5) is 0 Å². The molecule has 5 heteroatoms. The van der Waals surface area contributed by atoms with Crippen LogP contribution in [0.25, 0.3) is 0 Å². The predicted octanol–water partition coefficient (Wildman–Crippen LogP) is 2.16. The van der Waals surface area contributed by atoms with Crippen molar-refractivity contribution in [3.8, 4) is 0 Å². The molecule has 0 spiro atoms. The minimum atomic E-state index is 0.153. The number of nitrogens with zero attached hydrogens (tertiary/aromatic N) is 3. The fourth-order valence-electron chi connectivity index (χ4n) is 2.25. The zero-order valence-corrected chi connectivity index (χ0v) is 10.9. The molecule has 0 radical (unpaired) electrons. The van der Waals surface area contributed by atoms with Gasteiger partial charge in [0.2, 0.25) is 5.91 Å². The highest BCUT2D eigenvalue weighted by Gasteiger charge is 2.23. The summed E-state index contributed by atoms with van der Waals surface area (Å²) in [6, 6.07) is 1.84. The molecule has 0 saturated carbocycles. The normalized spacial score (nSPS) is 17.2. The molecule has 4 nitrogen and oxygen atoms in total. The Balaban J connectivity index is 2.07. The summed E-state index contributed by atoms with van der Waals surface area (Å²) < 4.78 is 0. The van der Waals surface area contributed by atoms with E-state index in [1.165, 1.54) is 0 Å². The van der Waals surface area contributed by atoms with Crippen molar-refractivity contribution in [3.05, 3.63) is 22.7 Å². The zero-order valence-electron chi connectivity index (χ0n) is 10.1. The topological polar surface area (TPSA) is 46.1 Å². The third-order valence-electron chi connectivity index (χ3n) is 3.19. The van der Waals surface area contributed by atoms with Gasteiger partial charge in [-0.25, -0.2) is 9.97 Å². The molecule has 1 aromatic heterocycles. The van der Waals surface area contributed by atoms with E-state index in [0.717, 1.165) is 31.6 Å². The van der Waals surface area contributed by atoms with Gasteiger partial charge in [-0.3, -0.25) is 4.79 Å². The van der Waals surface area contributed by atoms with Gasteiger partial charge in [0.05, 0.1) is 0 Å². The lowest BCUT2D eigenvalue weighted by Crippen LogP contribution is -2.36. The molecule has 2 heterocycles. The molecule has 2 rings (SSSR count). The average Bonchev–Trinajstić information content (AvgIpc) is 2.28. The standard InChI is InChI=1S/C12H16ClN3O/c1-8-14-11(7-12(13)15-8)10-3-5-16(6-4-10)9(2)17/h7,10H,3-6H2,1-2H3. The minimum absolute atomic E-state index is 0.153. The summed E-state index contributed by atoms with van der Waals surface area (Å²) >= 11 is 5.93. The van der Waals surface area contributed by atoms with E-state index in [4.69, 9.17) is 11.6 Å². The highest BCUT2D eigenvalue weighted by molar-refractivity contribution is 6.29. The Morgan fingerprint density at radius 2 is 2.06 bits per heavy atom. The highest BCUT2D eigenvalue weighted by atomic mass is 35.5. The summed E-state index contributed by atoms with van der Waals surface area (Å²) in [4.78, 5) is 21.6. The average molecular weight is 254 g/mol. The maximum Gasteiger partial charge on any atom is 0.219 e. The van der Waals surface area contributed by atoms with Crippen LogP contribution in [0.2, 0.25) is 5.15 Å². The Kier molecular flexibility index (Phi) is 3.62. The Morgan fingerprint density at radius 3 is 2.59 bits per heavy atom. The van der Waals surface area contributed by atoms with Crippen molar-refractivity contribution in [1.82, 2.24) is 14.9 Å². The fourth-order valence-corrected chi connectivity index (χ4v) is 2.49. The second-order valence-corrected chi connectivity index (χ2v) is 4.83. The summed E-state index contributed by atoms with van der Waals surface area (Å²) in [5.74, 6) is 1.26. The van der Waals surface area contributed by atoms with Gasteiger partial charge in [-0.2, -0.15) is 0 Å². The van der Waals surface area contributed by atoms with Crippen LogP contribution in [-0.4, -0.2) is 33.9 Å². The van der Waals surface area contributed by atoms with Crippen molar-refractivity contribution >= 4 is 17.5 Å². The number of hydrogen-bond acceptors (Lipinski definition) is 3. The van der Waals surface area contributed by atoms with Crippen LogP contribution in [-0.2, 0) is 4.79 Å². The molecule has 1 saturated heterocycles. The molecule has 1 aliphatic rings. The Labute approximate surface area is 106 Å². The number of likely N-dealkylation sites (tertiary alicyclic amines) is 1. The van der Waals surface area contributed by atoms with Gasteiger partial charge in [0, 0.05) is 31.6 Å². The number of halogens is 1. The first-order chi connectivity index (χ1) is 8.06. The fraction of sp³-hybridized carbons (Fsp3) is 0.583. The van der Waals surface area contributed by atoms with Crippen LogP contribution in [0.5, 0.6) is 0 Å². The third kappa shape index (κ3) is 2.94. The largest absolute Gasteiger partial charge is 0.343 e. The van der Waals surface area contributed by atoms with E-state index in [2.05, 4.69) is 9.97 Å². The number of hydrogen-bond donors (Lipinski definition) is 0. The number of rotatable bonds is 1. The molecule has 92 valence electrons. The second-order valence-electron chi connectivity index (χ2n) is 4.44. The van der Waals surface area contributed by atoms with Crippen molar-refractivity contribution in [1.29, 1.82) is 0 Å². The van der Waals surface area contributed by atoms with E-state index in [0.29, 0.717) is 16.9 Å². The molecular formula is C12H16ClN3O. The van der Waals surface area contributed by atoms with Crippen LogP contribution in [0.15, 0.2) is 6.07 Å². The lowest BCUT2D eigenvalue weighted by atomic mass is 9.93. The molecule has 0 bridgehead atoms. The molecule has 0 atom stereocenters. The Hall–Kier alpha value is -1.16. The zero-order chi connectivity index (χ0) is 12.4. The first-order valence-electron chi connectivity index (χ1n) is 5.83. The van der Waals surface area contributed by atoms with Crippen LogP contribution >= 0.6 is 11.6 Å². The summed E-state index contributed by atoms with van der Waals surface area (Å²) in [7, 11) is 0. The smallest absolute Gasteiger partial charge is 0.219 e. The number of aromatic nitrogens is 2. The van der Waals surface area contributed by atoms with Gasteiger partial charge in [-0.15, -0.1) is 0 Å². The predicted molar refractivity (Wildman–Crippen MR) is 66.0 cm³/mol. The molecule has 17 heavy (non-hydrogen) atoms. The number of aryl methyl sites for hydroxylation is 1. The van der Waals surface area contributed by atoms with E-state index >= 15 is 0 Å². The summed E-state index contributed by atoms with van der Waals surface area (Å²) in [5, 5.41) is 0.501. The minimum Gasteiger partial charge on any atom is -0.343 e. The van der Waals surface area contributed by atoms with Gasteiger partial charge in [-0.05, 0) is 25.8 Å². The quantitative estimate of drug-likeness (QED) is 0.721. The van der Waals surface area contributed by atoms with Gasteiger partial charge in [0.25, 0.3) is 0 Å². The molecule has 0 aliphatic carbocycles. The number of piperidine rings is 1. The molecule has 0 unspecified atom stereocenters. The van der Waals surface area contributed by atoms with E-state index < -0.39 is 0 Å². The summed E-state index contributed by atoms with van der Waals surface area (Å²) in [6.07, 6.45) is 1.90. The first kappa shape index (κ1) is 12.3. The maximum atomic E-state index is 11.2. The molecule has 0 aromatic carbocycles. The van der Waals surface area contributed by atoms with Gasteiger partial charge >= 0.3 is 0 Å². The van der Waals surface area contributed by atoms with E-state index in [1.54, 1.807) is 6.92 Å². The van der Waals surface area contributed by atoms with Crippen LogP contribution in [0, 0.1) is 6.92 Å². The summed E-state index contributed by atoms with van der Waals surface area (Å²) in [5.41, 5.74) is 1.01. The van der Waals surface area contributed by atoms with E-state index in [9.17, 15) is 4.79 Å². The van der Waals surface area contributed by atoms with Crippen molar-refractivity contribution in [2.24, 2.45) is 0 Å². The summed E-state index contributed by atoms with van der Waals surface area (Å²) in [6.45, 7) is 5.08. The van der Waals surface area contributed by atoms with E-state index in [-0.39, 0.29) is 5.91 Å².